The third-order valence-corrected chi connectivity index (χ3v) is 3.32. The summed E-state index contributed by atoms with van der Waals surface area (Å²) in [5, 5.41) is 0. The molecular formula is C6H6K2O8S2. The second kappa shape index (κ2) is 7.79. The van der Waals surface area contributed by atoms with Gasteiger partial charge in [-0.15, -0.1) is 0 Å². The Hall–Kier alpha value is 1.91. The zero-order valence-corrected chi connectivity index (χ0v) is 8.95. The summed E-state index contributed by atoms with van der Waals surface area (Å²) in [6.45, 7) is 0. The van der Waals surface area contributed by atoms with Gasteiger partial charge in [-0.05, 0) is 0 Å². The van der Waals surface area contributed by atoms with Crippen LogP contribution in [0.3, 0.4) is 0 Å². The number of ketones is 2. The second-order valence-electron chi connectivity index (χ2n) is 2.70. The molecule has 0 atom stereocenters. The van der Waals surface area contributed by atoms with Gasteiger partial charge < -0.3 is 0 Å². The Kier molecular flexibility index (Phi) is 9.61. The van der Waals surface area contributed by atoms with Crippen LogP contribution in [0.25, 0.3) is 0 Å². The number of hydrogen-bond acceptors (Lipinski definition) is 6. The second-order valence-corrected chi connectivity index (χ2v) is 5.48. The molecule has 1 aliphatic rings. The summed E-state index contributed by atoms with van der Waals surface area (Å²) in [7, 11) is -9.81. The summed E-state index contributed by atoms with van der Waals surface area (Å²) in [6, 6.07) is 0. The Bertz CT molecular complexity index is 581. The van der Waals surface area contributed by atoms with E-state index >= 15 is 0 Å². The first-order valence-corrected chi connectivity index (χ1v) is 6.38. The third-order valence-electron chi connectivity index (χ3n) is 1.57. The predicted octanol–water partition coefficient (Wildman–Crippen LogP) is -2.62. The van der Waals surface area contributed by atoms with Crippen LogP contribution in [0.2, 0.25) is 0 Å². The normalized spacial score (nSPS) is 16.1. The zero-order chi connectivity index (χ0) is 12.7. The van der Waals surface area contributed by atoms with Crippen LogP contribution >= 0.6 is 0 Å². The molecule has 0 spiro atoms. The first-order chi connectivity index (χ1) is 7.03. The summed E-state index contributed by atoms with van der Waals surface area (Å²) >= 11 is 0. The Balaban J connectivity index is 0. The van der Waals surface area contributed by atoms with Gasteiger partial charge in [-0.3, -0.25) is 18.7 Å². The first kappa shape index (κ1) is 22.2. The Morgan fingerprint density at radius 1 is 0.722 bits per heavy atom. The molecule has 0 heterocycles. The number of allylic oxidation sites excluding steroid dienone is 4. The van der Waals surface area contributed by atoms with Gasteiger partial charge >= 0.3 is 103 Å². The van der Waals surface area contributed by atoms with Crippen molar-refractivity contribution in [2.24, 2.45) is 0 Å². The van der Waals surface area contributed by atoms with Crippen LogP contribution in [-0.2, 0) is 29.8 Å². The Morgan fingerprint density at radius 2 is 0.944 bits per heavy atom. The van der Waals surface area contributed by atoms with Crippen LogP contribution < -0.4 is 0 Å². The van der Waals surface area contributed by atoms with E-state index in [9.17, 15) is 26.4 Å². The van der Waals surface area contributed by atoms with Crippen molar-refractivity contribution in [1.82, 2.24) is 0 Å². The van der Waals surface area contributed by atoms with Gasteiger partial charge in [0.1, 0.15) is 9.81 Å². The molecule has 0 aliphatic heterocycles. The summed E-state index contributed by atoms with van der Waals surface area (Å²) in [5.41, 5.74) is 0. The molecule has 0 unspecified atom stereocenters. The van der Waals surface area contributed by atoms with Crippen molar-refractivity contribution >= 4 is 135 Å². The van der Waals surface area contributed by atoms with Crippen LogP contribution in [0.4, 0.5) is 0 Å². The van der Waals surface area contributed by atoms with Crippen molar-refractivity contribution < 1.29 is 35.5 Å². The first-order valence-electron chi connectivity index (χ1n) is 3.50. The van der Waals surface area contributed by atoms with Crippen LogP contribution in [0.1, 0.15) is 0 Å². The van der Waals surface area contributed by atoms with Crippen molar-refractivity contribution in [1.29, 1.82) is 0 Å². The standard InChI is InChI=1S/C6H4O8S2.2K.2H/c7-3-1-5(15(9,10)11)4(8)2-6(3)16(12,13)14;;;;/h1-2H,(H,9,10,11)(H,12,13,14);;;;. The van der Waals surface area contributed by atoms with E-state index in [1.54, 1.807) is 0 Å². The number of carbonyl (C=O) groups excluding carboxylic acids is 2. The van der Waals surface area contributed by atoms with E-state index in [0.717, 1.165) is 0 Å². The van der Waals surface area contributed by atoms with Crippen LogP contribution in [0, 0.1) is 0 Å². The van der Waals surface area contributed by atoms with E-state index < -0.39 is 41.6 Å². The van der Waals surface area contributed by atoms with E-state index in [4.69, 9.17) is 9.11 Å². The van der Waals surface area contributed by atoms with Gasteiger partial charge in [-0.25, -0.2) is 0 Å². The van der Waals surface area contributed by atoms with Gasteiger partial charge in [0.15, 0.2) is 0 Å². The zero-order valence-electron chi connectivity index (χ0n) is 7.32. The summed E-state index contributed by atoms with van der Waals surface area (Å²) in [6.07, 6.45) is 0.252. The molecule has 1 rings (SSSR count). The van der Waals surface area contributed by atoms with Gasteiger partial charge in [-0.1, -0.05) is 0 Å². The van der Waals surface area contributed by atoms with Crippen LogP contribution in [-0.4, -0.2) is 140 Å². The van der Waals surface area contributed by atoms with Gasteiger partial charge in [0, 0.05) is 12.2 Å². The molecule has 92 valence electrons. The molecule has 8 nitrogen and oxygen atoms in total. The van der Waals surface area contributed by atoms with Gasteiger partial charge in [-0.2, -0.15) is 16.8 Å². The molecule has 18 heavy (non-hydrogen) atoms. The van der Waals surface area contributed by atoms with Gasteiger partial charge in [0.05, 0.1) is 0 Å². The number of carbonyl (C=O) groups is 2. The molecule has 0 bridgehead atoms. The fourth-order valence-corrected chi connectivity index (χ4v) is 2.06. The van der Waals surface area contributed by atoms with Crippen molar-refractivity contribution in [2.45, 2.75) is 0 Å². The fraction of sp³-hybridized carbons (Fsp3) is 0. The van der Waals surface area contributed by atoms with Crippen molar-refractivity contribution in [2.75, 3.05) is 0 Å². The molecular weight excluding hydrogens is 342 g/mol. The van der Waals surface area contributed by atoms with Crippen molar-refractivity contribution in [3.63, 3.8) is 0 Å². The average Bonchev–Trinajstić information content (AvgIpc) is 2.04. The summed E-state index contributed by atoms with van der Waals surface area (Å²) in [4.78, 5) is 19.6. The molecule has 0 aromatic rings. The maximum absolute atomic E-state index is 11.0. The minimum absolute atomic E-state index is 0. The monoisotopic (exact) mass is 348 g/mol. The molecule has 12 heteroatoms. The average molecular weight is 348 g/mol. The van der Waals surface area contributed by atoms with E-state index in [0.29, 0.717) is 0 Å². The van der Waals surface area contributed by atoms with Crippen LogP contribution in [0.5, 0.6) is 0 Å². The molecule has 0 radical (unpaired) electrons. The fourth-order valence-electron chi connectivity index (χ4n) is 0.926. The predicted molar refractivity (Wildman–Crippen MR) is 63.6 cm³/mol. The number of rotatable bonds is 2. The van der Waals surface area contributed by atoms with E-state index in [2.05, 4.69) is 0 Å². The van der Waals surface area contributed by atoms with E-state index in [1.165, 1.54) is 0 Å². The molecule has 2 N–H and O–H groups in total. The molecule has 0 aromatic heterocycles. The van der Waals surface area contributed by atoms with E-state index in [-0.39, 0.29) is 115 Å². The van der Waals surface area contributed by atoms with Crippen molar-refractivity contribution in [3.8, 4) is 0 Å². The van der Waals surface area contributed by atoms with Crippen LogP contribution in [0.15, 0.2) is 22.0 Å². The molecule has 0 aromatic carbocycles. The summed E-state index contributed by atoms with van der Waals surface area (Å²) in [5.74, 6) is -2.82. The third kappa shape index (κ3) is 5.73. The van der Waals surface area contributed by atoms with E-state index in [1.807, 2.05) is 0 Å². The molecule has 1 aliphatic carbocycles. The Labute approximate surface area is 188 Å². The minimum atomic E-state index is -4.91. The molecule has 0 amide bonds. The molecule has 0 saturated heterocycles. The topological polar surface area (TPSA) is 143 Å². The number of hydrogen-bond donors (Lipinski definition) is 2. The SMILES string of the molecule is O=C1C=C(S(=O)(=O)O)C(=O)C=C1S(=O)(=O)O.[KH].[KH]. The molecule has 0 saturated carbocycles. The van der Waals surface area contributed by atoms with Gasteiger partial charge in [0.2, 0.25) is 11.6 Å². The Morgan fingerprint density at radius 3 is 1.11 bits per heavy atom. The van der Waals surface area contributed by atoms with Crippen molar-refractivity contribution in [3.05, 3.63) is 22.0 Å². The molecule has 0 fully saturated rings. The quantitative estimate of drug-likeness (QED) is 0.314. The van der Waals surface area contributed by atoms with Gasteiger partial charge in [0.25, 0.3) is 20.2 Å². The summed E-state index contributed by atoms with van der Waals surface area (Å²) < 4.78 is 59.3. The maximum atomic E-state index is 11.0.